The maximum atomic E-state index is 11.9. The topological polar surface area (TPSA) is 58.8 Å². The van der Waals surface area contributed by atoms with Gasteiger partial charge in [-0.25, -0.2) is 0 Å². The Bertz CT molecular complexity index is 215. The second-order valence-electron chi connectivity index (χ2n) is 4.23. The molecule has 0 saturated carbocycles. The fourth-order valence-electron chi connectivity index (χ4n) is 1.99. The first kappa shape index (κ1) is 13.4. The lowest BCUT2D eigenvalue weighted by atomic mass is 10.2. The number of rotatable bonds is 5. The lowest BCUT2D eigenvalue weighted by molar-refractivity contribution is -0.135. The Morgan fingerprint density at radius 3 is 2.50 bits per heavy atom. The molecule has 1 atom stereocenters. The maximum absolute atomic E-state index is 11.9. The SMILES string of the molecule is CCCN1CCN(C(=O)C(N)COC)CC1. The zero-order valence-corrected chi connectivity index (χ0v) is 10.3. The van der Waals surface area contributed by atoms with E-state index < -0.39 is 6.04 Å². The number of nitrogens with two attached hydrogens (primary N) is 1. The van der Waals surface area contributed by atoms with Gasteiger partial charge in [0, 0.05) is 33.3 Å². The molecule has 0 aromatic heterocycles. The fraction of sp³-hybridized carbons (Fsp3) is 0.909. The monoisotopic (exact) mass is 229 g/mol. The number of carbonyl (C=O) groups excluding carboxylic acids is 1. The van der Waals surface area contributed by atoms with Gasteiger partial charge >= 0.3 is 0 Å². The highest BCUT2D eigenvalue weighted by atomic mass is 16.5. The zero-order chi connectivity index (χ0) is 12.0. The molecular formula is C11H23N3O2. The van der Waals surface area contributed by atoms with Crippen LogP contribution in [0.2, 0.25) is 0 Å². The van der Waals surface area contributed by atoms with E-state index in [-0.39, 0.29) is 5.91 Å². The van der Waals surface area contributed by atoms with E-state index in [1.807, 2.05) is 4.90 Å². The van der Waals surface area contributed by atoms with Crippen LogP contribution < -0.4 is 5.73 Å². The summed E-state index contributed by atoms with van der Waals surface area (Å²) in [7, 11) is 1.56. The summed E-state index contributed by atoms with van der Waals surface area (Å²) in [4.78, 5) is 16.1. The molecule has 0 aromatic carbocycles. The largest absolute Gasteiger partial charge is 0.383 e. The van der Waals surface area contributed by atoms with Gasteiger partial charge in [-0.15, -0.1) is 0 Å². The van der Waals surface area contributed by atoms with Gasteiger partial charge in [0.25, 0.3) is 0 Å². The van der Waals surface area contributed by atoms with Gasteiger partial charge in [-0.2, -0.15) is 0 Å². The van der Waals surface area contributed by atoms with Crippen LogP contribution in [0.25, 0.3) is 0 Å². The van der Waals surface area contributed by atoms with Gasteiger partial charge in [0.05, 0.1) is 6.61 Å². The molecule has 2 N–H and O–H groups in total. The summed E-state index contributed by atoms with van der Waals surface area (Å²) in [6.07, 6.45) is 1.16. The molecule has 0 aliphatic carbocycles. The molecule has 1 fully saturated rings. The predicted molar refractivity (Wildman–Crippen MR) is 63.2 cm³/mol. The zero-order valence-electron chi connectivity index (χ0n) is 10.3. The molecule has 1 amide bonds. The van der Waals surface area contributed by atoms with Gasteiger partial charge < -0.3 is 15.4 Å². The fourth-order valence-corrected chi connectivity index (χ4v) is 1.99. The molecule has 1 aliphatic rings. The van der Waals surface area contributed by atoms with Crippen LogP contribution >= 0.6 is 0 Å². The van der Waals surface area contributed by atoms with Crippen molar-refractivity contribution in [2.45, 2.75) is 19.4 Å². The molecular weight excluding hydrogens is 206 g/mol. The van der Waals surface area contributed by atoms with E-state index in [0.29, 0.717) is 6.61 Å². The average molecular weight is 229 g/mol. The second-order valence-corrected chi connectivity index (χ2v) is 4.23. The van der Waals surface area contributed by atoms with Crippen LogP contribution in [0.15, 0.2) is 0 Å². The minimum Gasteiger partial charge on any atom is -0.383 e. The molecule has 1 heterocycles. The van der Waals surface area contributed by atoms with Crippen molar-refractivity contribution in [3.63, 3.8) is 0 Å². The van der Waals surface area contributed by atoms with Crippen molar-refractivity contribution in [3.8, 4) is 0 Å². The third kappa shape index (κ3) is 3.73. The Balaban J connectivity index is 2.32. The Morgan fingerprint density at radius 2 is 2.00 bits per heavy atom. The van der Waals surface area contributed by atoms with E-state index in [4.69, 9.17) is 10.5 Å². The third-order valence-electron chi connectivity index (χ3n) is 2.89. The van der Waals surface area contributed by atoms with Crippen molar-refractivity contribution in [3.05, 3.63) is 0 Å². The molecule has 5 heteroatoms. The van der Waals surface area contributed by atoms with Crippen molar-refractivity contribution in [1.82, 2.24) is 9.80 Å². The lowest BCUT2D eigenvalue weighted by Crippen LogP contribution is -2.54. The summed E-state index contributed by atoms with van der Waals surface area (Å²) >= 11 is 0. The number of ether oxygens (including phenoxy) is 1. The van der Waals surface area contributed by atoms with Crippen LogP contribution in [0.1, 0.15) is 13.3 Å². The number of carbonyl (C=O) groups is 1. The van der Waals surface area contributed by atoms with E-state index >= 15 is 0 Å². The number of hydrogen-bond acceptors (Lipinski definition) is 4. The average Bonchev–Trinajstić information content (AvgIpc) is 2.30. The number of piperazine rings is 1. The summed E-state index contributed by atoms with van der Waals surface area (Å²) in [6.45, 7) is 7.08. The van der Waals surface area contributed by atoms with Crippen molar-refractivity contribution in [1.29, 1.82) is 0 Å². The van der Waals surface area contributed by atoms with Crippen molar-refractivity contribution < 1.29 is 9.53 Å². The highest BCUT2D eigenvalue weighted by Crippen LogP contribution is 2.04. The molecule has 0 bridgehead atoms. The molecule has 16 heavy (non-hydrogen) atoms. The standard InChI is InChI=1S/C11H23N3O2/c1-3-4-13-5-7-14(8-6-13)11(15)10(12)9-16-2/h10H,3-9,12H2,1-2H3. The number of methoxy groups -OCH3 is 1. The molecule has 0 radical (unpaired) electrons. The first-order valence-electron chi connectivity index (χ1n) is 5.94. The minimum atomic E-state index is -0.511. The van der Waals surface area contributed by atoms with E-state index in [1.54, 1.807) is 7.11 Å². The van der Waals surface area contributed by atoms with Crippen LogP contribution in [0, 0.1) is 0 Å². The quantitative estimate of drug-likeness (QED) is 0.691. The molecule has 0 spiro atoms. The van der Waals surface area contributed by atoms with Gasteiger partial charge in [0.1, 0.15) is 6.04 Å². The Morgan fingerprint density at radius 1 is 1.38 bits per heavy atom. The van der Waals surface area contributed by atoms with Crippen molar-refractivity contribution in [2.24, 2.45) is 5.73 Å². The highest BCUT2D eigenvalue weighted by molar-refractivity contribution is 5.81. The molecule has 5 nitrogen and oxygen atoms in total. The third-order valence-corrected chi connectivity index (χ3v) is 2.89. The van der Waals surface area contributed by atoms with Gasteiger partial charge in [-0.05, 0) is 13.0 Å². The molecule has 0 aromatic rings. The molecule has 1 unspecified atom stereocenters. The van der Waals surface area contributed by atoms with Crippen LogP contribution in [0.3, 0.4) is 0 Å². The molecule has 1 saturated heterocycles. The molecule has 1 rings (SSSR count). The normalized spacial score (nSPS) is 19.8. The Kier molecular flexibility index (Phi) is 5.73. The lowest BCUT2D eigenvalue weighted by Gasteiger charge is -2.35. The van der Waals surface area contributed by atoms with Crippen LogP contribution in [-0.4, -0.2) is 68.2 Å². The molecule has 1 aliphatic heterocycles. The van der Waals surface area contributed by atoms with Crippen LogP contribution in [-0.2, 0) is 9.53 Å². The van der Waals surface area contributed by atoms with E-state index in [2.05, 4.69) is 11.8 Å². The van der Waals surface area contributed by atoms with Crippen LogP contribution in [0.5, 0.6) is 0 Å². The summed E-state index contributed by atoms with van der Waals surface area (Å²) < 4.78 is 4.89. The first-order chi connectivity index (χ1) is 7.69. The van der Waals surface area contributed by atoms with Gasteiger partial charge in [0.2, 0.25) is 5.91 Å². The smallest absolute Gasteiger partial charge is 0.241 e. The van der Waals surface area contributed by atoms with Gasteiger partial charge in [-0.3, -0.25) is 9.69 Å². The maximum Gasteiger partial charge on any atom is 0.241 e. The summed E-state index contributed by atoms with van der Waals surface area (Å²) in [5.41, 5.74) is 5.72. The summed E-state index contributed by atoms with van der Waals surface area (Å²) in [5, 5.41) is 0. The van der Waals surface area contributed by atoms with Crippen molar-refractivity contribution in [2.75, 3.05) is 46.4 Å². The summed E-state index contributed by atoms with van der Waals surface area (Å²) in [5.74, 6) is 0.0120. The number of hydrogen-bond donors (Lipinski definition) is 1. The van der Waals surface area contributed by atoms with Crippen molar-refractivity contribution >= 4 is 5.91 Å². The van der Waals surface area contributed by atoms with Gasteiger partial charge in [0.15, 0.2) is 0 Å². The van der Waals surface area contributed by atoms with Gasteiger partial charge in [-0.1, -0.05) is 6.92 Å². The second kappa shape index (κ2) is 6.83. The number of amides is 1. The summed E-state index contributed by atoms with van der Waals surface area (Å²) in [6, 6.07) is -0.511. The van der Waals surface area contributed by atoms with E-state index in [0.717, 1.165) is 39.1 Å². The van der Waals surface area contributed by atoms with E-state index in [1.165, 1.54) is 0 Å². The molecule has 94 valence electrons. The Labute approximate surface area is 97.5 Å². The first-order valence-corrected chi connectivity index (χ1v) is 5.94. The van der Waals surface area contributed by atoms with E-state index in [9.17, 15) is 4.79 Å². The van der Waals surface area contributed by atoms with Crippen LogP contribution in [0.4, 0.5) is 0 Å². The highest BCUT2D eigenvalue weighted by Gasteiger charge is 2.24. The number of nitrogens with zero attached hydrogens (tertiary/aromatic N) is 2. The Hall–Kier alpha value is -0.650. The predicted octanol–water partition coefficient (Wildman–Crippen LogP) is -0.486. The minimum absolute atomic E-state index is 0.0120.